The van der Waals surface area contributed by atoms with Crippen LogP contribution in [-0.4, -0.2) is 24.7 Å². The van der Waals surface area contributed by atoms with Gasteiger partial charge in [-0.1, -0.05) is 6.07 Å². The molecular weight excluding hydrogens is 383 g/mol. The minimum absolute atomic E-state index is 0.145. The topological polar surface area (TPSA) is 95.2 Å². The predicted octanol–water partition coefficient (Wildman–Crippen LogP) is 4.30. The molecule has 146 valence electrons. The molecule has 0 aliphatic carbocycles. The number of nitriles is 1. The van der Waals surface area contributed by atoms with Crippen molar-refractivity contribution in [3.8, 4) is 17.3 Å². The van der Waals surface area contributed by atoms with Gasteiger partial charge in [-0.3, -0.25) is 9.67 Å². The van der Waals surface area contributed by atoms with E-state index in [4.69, 9.17) is 0 Å². The first-order valence-electron chi connectivity index (χ1n) is 8.50. The van der Waals surface area contributed by atoms with Gasteiger partial charge < -0.3 is 10.3 Å². The van der Waals surface area contributed by atoms with E-state index in [1.54, 1.807) is 12.1 Å². The number of aryl methyl sites for hydroxylation is 2. The lowest BCUT2D eigenvalue weighted by molar-refractivity contribution is -0.137. The Bertz CT molecular complexity index is 1260. The van der Waals surface area contributed by atoms with Crippen LogP contribution < -0.4 is 5.32 Å². The maximum Gasteiger partial charge on any atom is 0.421 e. The standard InChI is InChI=1S/C19H14F3N7/c1-10-4-3-5-14(25-10)12-6-15(27-18-16(12)11(7-23)8-24-18)26-17-13(19(20,21)22)9-29(2)28-17/h3-6,8-9H,1-2H3,(H2,24,26,27,28). The lowest BCUT2D eigenvalue weighted by Crippen LogP contribution is -2.07. The Labute approximate surface area is 162 Å². The van der Waals surface area contributed by atoms with E-state index in [1.807, 2.05) is 19.1 Å². The Morgan fingerprint density at radius 3 is 2.72 bits per heavy atom. The van der Waals surface area contributed by atoms with E-state index in [0.717, 1.165) is 16.6 Å². The van der Waals surface area contributed by atoms with E-state index in [9.17, 15) is 18.4 Å². The highest BCUT2D eigenvalue weighted by Crippen LogP contribution is 2.36. The van der Waals surface area contributed by atoms with Crippen molar-refractivity contribution in [2.45, 2.75) is 13.1 Å². The summed E-state index contributed by atoms with van der Waals surface area (Å²) in [7, 11) is 1.41. The third-order valence-electron chi connectivity index (χ3n) is 4.31. The van der Waals surface area contributed by atoms with Crippen molar-refractivity contribution in [2.75, 3.05) is 5.32 Å². The van der Waals surface area contributed by atoms with Gasteiger partial charge in [-0.25, -0.2) is 4.98 Å². The number of aromatic amines is 1. The number of aromatic nitrogens is 5. The first-order chi connectivity index (χ1) is 13.8. The summed E-state index contributed by atoms with van der Waals surface area (Å²) in [6, 6.07) is 9.06. The molecule has 10 heteroatoms. The molecule has 29 heavy (non-hydrogen) atoms. The fourth-order valence-electron chi connectivity index (χ4n) is 3.09. The van der Waals surface area contributed by atoms with Crippen LogP contribution in [-0.2, 0) is 13.2 Å². The second-order valence-electron chi connectivity index (χ2n) is 6.44. The average Bonchev–Trinajstić information content (AvgIpc) is 3.24. The van der Waals surface area contributed by atoms with Crippen molar-refractivity contribution in [3.05, 3.63) is 53.5 Å². The van der Waals surface area contributed by atoms with Crippen LogP contribution in [0.25, 0.3) is 22.3 Å². The Morgan fingerprint density at radius 2 is 2.03 bits per heavy atom. The van der Waals surface area contributed by atoms with Crippen molar-refractivity contribution >= 4 is 22.7 Å². The molecule has 0 unspecified atom stereocenters. The smallest absolute Gasteiger partial charge is 0.345 e. The van der Waals surface area contributed by atoms with Gasteiger partial charge in [0.25, 0.3) is 0 Å². The largest absolute Gasteiger partial charge is 0.421 e. The molecule has 0 saturated heterocycles. The van der Waals surface area contributed by atoms with Crippen LogP contribution in [0.5, 0.6) is 0 Å². The molecule has 0 amide bonds. The molecule has 0 fully saturated rings. The maximum atomic E-state index is 13.3. The Kier molecular flexibility index (Phi) is 4.23. The lowest BCUT2D eigenvalue weighted by atomic mass is 10.1. The quantitative estimate of drug-likeness (QED) is 0.537. The highest BCUT2D eigenvalue weighted by molar-refractivity contribution is 5.98. The molecular formula is C19H14F3N7. The van der Waals surface area contributed by atoms with E-state index in [2.05, 4.69) is 31.4 Å². The number of pyridine rings is 2. The normalized spacial score (nSPS) is 11.6. The first-order valence-corrected chi connectivity index (χ1v) is 8.50. The number of alkyl halides is 3. The SMILES string of the molecule is Cc1cccc(-c2cc(Nc3nn(C)cc3C(F)(F)F)nc3[nH]cc(C#N)c23)n1. The van der Waals surface area contributed by atoms with Crippen molar-refractivity contribution in [2.24, 2.45) is 7.05 Å². The third-order valence-corrected chi connectivity index (χ3v) is 4.31. The molecule has 0 bridgehead atoms. The molecule has 4 rings (SSSR count). The van der Waals surface area contributed by atoms with Gasteiger partial charge in [-0.2, -0.15) is 23.5 Å². The fourth-order valence-corrected chi connectivity index (χ4v) is 3.09. The highest BCUT2D eigenvalue weighted by Gasteiger charge is 2.36. The van der Waals surface area contributed by atoms with E-state index < -0.39 is 11.7 Å². The number of hydrogen-bond donors (Lipinski definition) is 2. The van der Waals surface area contributed by atoms with Gasteiger partial charge in [0.1, 0.15) is 23.1 Å². The van der Waals surface area contributed by atoms with Gasteiger partial charge in [0.2, 0.25) is 0 Å². The number of anilines is 2. The molecule has 4 aromatic rings. The second kappa shape index (κ2) is 6.63. The average molecular weight is 397 g/mol. The van der Waals surface area contributed by atoms with Gasteiger partial charge in [-0.15, -0.1) is 0 Å². The zero-order valence-corrected chi connectivity index (χ0v) is 15.3. The highest BCUT2D eigenvalue weighted by atomic mass is 19.4. The Balaban J connectivity index is 1.89. The Hall–Kier alpha value is -3.87. The maximum absolute atomic E-state index is 13.3. The number of rotatable bonds is 3. The van der Waals surface area contributed by atoms with Gasteiger partial charge >= 0.3 is 6.18 Å². The molecule has 0 aliphatic rings. The number of nitrogens with one attached hydrogen (secondary N) is 2. The number of nitrogens with zero attached hydrogens (tertiary/aromatic N) is 5. The fraction of sp³-hybridized carbons (Fsp3) is 0.158. The van der Waals surface area contributed by atoms with Crippen molar-refractivity contribution < 1.29 is 13.2 Å². The molecule has 0 atom stereocenters. The zero-order chi connectivity index (χ0) is 20.8. The molecule has 0 radical (unpaired) electrons. The van der Waals surface area contributed by atoms with Crippen LogP contribution in [0.4, 0.5) is 24.8 Å². The van der Waals surface area contributed by atoms with Crippen LogP contribution in [0.3, 0.4) is 0 Å². The summed E-state index contributed by atoms with van der Waals surface area (Å²) in [6.07, 6.45) is -2.17. The van der Waals surface area contributed by atoms with Crippen molar-refractivity contribution in [3.63, 3.8) is 0 Å². The molecule has 7 nitrogen and oxygen atoms in total. The Morgan fingerprint density at radius 1 is 1.24 bits per heavy atom. The summed E-state index contributed by atoms with van der Waals surface area (Å²) < 4.78 is 40.9. The van der Waals surface area contributed by atoms with Crippen LogP contribution in [0.2, 0.25) is 0 Å². The van der Waals surface area contributed by atoms with E-state index in [-0.39, 0.29) is 11.6 Å². The summed E-state index contributed by atoms with van der Waals surface area (Å²) in [5, 5.41) is 16.5. The predicted molar refractivity (Wildman–Crippen MR) is 100 cm³/mol. The number of H-pyrrole nitrogens is 1. The summed E-state index contributed by atoms with van der Waals surface area (Å²) in [5.41, 5.74) is 1.74. The summed E-state index contributed by atoms with van der Waals surface area (Å²) in [6.45, 7) is 1.83. The van der Waals surface area contributed by atoms with Gasteiger partial charge in [0.05, 0.1) is 11.3 Å². The van der Waals surface area contributed by atoms with Gasteiger partial charge in [0.15, 0.2) is 5.82 Å². The van der Waals surface area contributed by atoms with E-state index >= 15 is 0 Å². The lowest BCUT2D eigenvalue weighted by Gasteiger charge is -2.11. The number of halogens is 3. The molecule has 0 spiro atoms. The zero-order valence-electron chi connectivity index (χ0n) is 15.3. The number of fused-ring (bicyclic) bond motifs is 1. The monoisotopic (exact) mass is 397 g/mol. The van der Waals surface area contributed by atoms with Gasteiger partial charge in [0, 0.05) is 36.1 Å². The minimum atomic E-state index is -4.57. The van der Waals surface area contributed by atoms with E-state index in [1.165, 1.54) is 13.2 Å². The molecule has 0 aromatic carbocycles. The van der Waals surface area contributed by atoms with Crippen LogP contribution >= 0.6 is 0 Å². The van der Waals surface area contributed by atoms with Crippen LogP contribution in [0.1, 0.15) is 16.8 Å². The third kappa shape index (κ3) is 3.38. The first kappa shape index (κ1) is 18.5. The van der Waals surface area contributed by atoms with E-state index in [0.29, 0.717) is 27.9 Å². The second-order valence-corrected chi connectivity index (χ2v) is 6.44. The summed E-state index contributed by atoms with van der Waals surface area (Å²) >= 11 is 0. The molecule has 0 saturated carbocycles. The summed E-state index contributed by atoms with van der Waals surface area (Å²) in [4.78, 5) is 11.7. The number of hydrogen-bond acceptors (Lipinski definition) is 5. The van der Waals surface area contributed by atoms with Crippen LogP contribution in [0, 0.1) is 18.3 Å². The summed E-state index contributed by atoms with van der Waals surface area (Å²) in [5.74, 6) is -0.214. The minimum Gasteiger partial charge on any atom is -0.345 e. The molecule has 0 aliphatic heterocycles. The molecule has 4 heterocycles. The van der Waals surface area contributed by atoms with Gasteiger partial charge in [-0.05, 0) is 25.1 Å². The molecule has 2 N–H and O–H groups in total. The van der Waals surface area contributed by atoms with Crippen molar-refractivity contribution in [1.82, 2.24) is 24.7 Å². The van der Waals surface area contributed by atoms with Crippen LogP contribution in [0.15, 0.2) is 36.7 Å². The molecule has 4 aromatic heterocycles. The van der Waals surface area contributed by atoms with Crippen molar-refractivity contribution in [1.29, 1.82) is 5.26 Å².